The summed E-state index contributed by atoms with van der Waals surface area (Å²) in [4.78, 5) is 24.1. The lowest BCUT2D eigenvalue weighted by Crippen LogP contribution is -2.36. The summed E-state index contributed by atoms with van der Waals surface area (Å²) in [5.41, 5.74) is 1.54. The lowest BCUT2D eigenvalue weighted by atomic mass is 9.93. The van der Waals surface area contributed by atoms with Gasteiger partial charge in [-0.1, -0.05) is 36.0 Å². The Morgan fingerprint density at radius 3 is 2.50 bits per heavy atom. The molecular formula is C28H32ClF2N5O2. The van der Waals surface area contributed by atoms with Crippen LogP contribution in [-0.4, -0.2) is 34.5 Å². The van der Waals surface area contributed by atoms with Gasteiger partial charge in [-0.05, 0) is 57.9 Å². The Bertz CT molecular complexity index is 1420. The van der Waals surface area contributed by atoms with Crippen LogP contribution in [0.4, 0.5) is 14.5 Å². The van der Waals surface area contributed by atoms with E-state index < -0.39 is 17.2 Å². The van der Waals surface area contributed by atoms with Crippen molar-refractivity contribution in [3.63, 3.8) is 0 Å². The average molecular weight is 544 g/mol. The number of pyridine rings is 2. The number of benzene rings is 1. The van der Waals surface area contributed by atoms with Gasteiger partial charge in [0.25, 0.3) is 5.56 Å². The zero-order chi connectivity index (χ0) is 28.0. The number of nitrogens with zero attached hydrogens (tertiary/aromatic N) is 5. The quantitative estimate of drug-likeness (QED) is 0.218. The zero-order valence-corrected chi connectivity index (χ0v) is 23.0. The predicted molar refractivity (Wildman–Crippen MR) is 147 cm³/mol. The van der Waals surface area contributed by atoms with Gasteiger partial charge in [0, 0.05) is 31.8 Å². The number of rotatable bonds is 4. The molecule has 1 saturated carbocycles. The molecule has 0 spiro atoms. The van der Waals surface area contributed by atoms with Crippen molar-refractivity contribution in [1.29, 1.82) is 5.26 Å². The zero-order valence-electron chi connectivity index (χ0n) is 22.3. The second-order valence-corrected chi connectivity index (χ2v) is 10.6. The first-order chi connectivity index (χ1) is 17.9. The number of hydrogen-bond donors (Lipinski definition) is 0. The second-order valence-electron chi connectivity index (χ2n) is 10.2. The largest absolute Gasteiger partial charge is 0.390 e. The Labute approximate surface area is 226 Å². The molecule has 0 unspecified atom stereocenters. The Hall–Kier alpha value is -3.51. The molecule has 0 atom stereocenters. The molecule has 0 aliphatic heterocycles. The fraction of sp³-hybridized carbons (Fsp3) is 0.429. The van der Waals surface area contributed by atoms with E-state index in [-0.39, 0.29) is 16.7 Å². The second kappa shape index (κ2) is 12.4. The predicted octanol–water partition coefficient (Wildman–Crippen LogP) is 6.34. The summed E-state index contributed by atoms with van der Waals surface area (Å²) in [5.74, 6) is -1.27. The molecule has 1 aliphatic carbocycles. The van der Waals surface area contributed by atoms with Crippen LogP contribution in [0.5, 0.6) is 0 Å². The van der Waals surface area contributed by atoms with E-state index in [1.807, 2.05) is 27.8 Å². The van der Waals surface area contributed by atoms with Gasteiger partial charge in [0.05, 0.1) is 17.4 Å². The lowest BCUT2D eigenvalue weighted by molar-refractivity contribution is 0.00196. The van der Waals surface area contributed by atoms with Crippen LogP contribution in [0.3, 0.4) is 0 Å². The van der Waals surface area contributed by atoms with Crippen LogP contribution in [0.1, 0.15) is 64.0 Å². The van der Waals surface area contributed by atoms with Crippen molar-refractivity contribution in [2.45, 2.75) is 64.5 Å². The smallest absolute Gasteiger partial charge is 0.270 e. The number of nitriles is 1. The number of halogens is 3. The summed E-state index contributed by atoms with van der Waals surface area (Å²) in [6.07, 6.45) is 6.95. The van der Waals surface area contributed by atoms with E-state index in [1.165, 1.54) is 42.2 Å². The third-order valence-corrected chi connectivity index (χ3v) is 6.46. The van der Waals surface area contributed by atoms with Crippen LogP contribution in [0.15, 0.2) is 40.3 Å². The van der Waals surface area contributed by atoms with Crippen molar-refractivity contribution in [3.05, 3.63) is 68.6 Å². The molecule has 7 nitrogen and oxygen atoms in total. The minimum Gasteiger partial charge on any atom is -0.390 e. The SMILES string of the molecule is CC(C)(C)O/N=C/c1ccc(F)cc1F.CN(c1c(C#N)c(=O)n(C)c2ccc(Cl)nc12)C1CCCCC1. The highest BCUT2D eigenvalue weighted by Crippen LogP contribution is 2.32. The molecule has 0 radical (unpaired) electrons. The molecule has 2 aromatic heterocycles. The number of anilines is 1. The van der Waals surface area contributed by atoms with Gasteiger partial charge in [-0.3, -0.25) is 4.79 Å². The van der Waals surface area contributed by atoms with Gasteiger partial charge in [0.2, 0.25) is 0 Å². The third-order valence-electron chi connectivity index (χ3n) is 6.25. The Morgan fingerprint density at radius 1 is 1.21 bits per heavy atom. The van der Waals surface area contributed by atoms with E-state index in [0.717, 1.165) is 18.9 Å². The highest BCUT2D eigenvalue weighted by molar-refractivity contribution is 6.29. The van der Waals surface area contributed by atoms with Crippen molar-refractivity contribution in [2.75, 3.05) is 11.9 Å². The minimum atomic E-state index is -0.656. The lowest BCUT2D eigenvalue weighted by Gasteiger charge is -2.33. The molecule has 0 saturated heterocycles. The number of oxime groups is 1. The van der Waals surface area contributed by atoms with E-state index in [2.05, 4.69) is 21.1 Å². The molecule has 1 fully saturated rings. The van der Waals surface area contributed by atoms with Crippen LogP contribution in [0, 0.1) is 23.0 Å². The van der Waals surface area contributed by atoms with E-state index in [1.54, 1.807) is 19.2 Å². The highest BCUT2D eigenvalue weighted by Gasteiger charge is 2.25. The van der Waals surface area contributed by atoms with Crippen LogP contribution in [0.2, 0.25) is 5.15 Å². The van der Waals surface area contributed by atoms with Crippen molar-refractivity contribution < 1.29 is 13.6 Å². The molecule has 2 heterocycles. The van der Waals surface area contributed by atoms with E-state index in [0.29, 0.717) is 27.9 Å². The first-order valence-electron chi connectivity index (χ1n) is 12.4. The van der Waals surface area contributed by atoms with Gasteiger partial charge in [-0.15, -0.1) is 0 Å². The summed E-state index contributed by atoms with van der Waals surface area (Å²) >= 11 is 6.07. The monoisotopic (exact) mass is 543 g/mol. The fourth-order valence-electron chi connectivity index (χ4n) is 4.31. The molecule has 3 aromatic rings. The molecule has 1 aliphatic rings. The Morgan fingerprint density at radius 2 is 1.89 bits per heavy atom. The van der Waals surface area contributed by atoms with Gasteiger partial charge in [0.1, 0.15) is 39.5 Å². The molecule has 0 N–H and O–H groups in total. The highest BCUT2D eigenvalue weighted by atomic mass is 35.5. The molecular weight excluding hydrogens is 512 g/mol. The Balaban J connectivity index is 0.000000232. The first-order valence-corrected chi connectivity index (χ1v) is 12.8. The minimum absolute atomic E-state index is 0.142. The summed E-state index contributed by atoms with van der Waals surface area (Å²) in [6.45, 7) is 5.47. The van der Waals surface area contributed by atoms with Gasteiger partial charge < -0.3 is 14.3 Å². The topological polar surface area (TPSA) is 83.5 Å². The van der Waals surface area contributed by atoms with Gasteiger partial charge in [0.15, 0.2) is 0 Å². The summed E-state index contributed by atoms with van der Waals surface area (Å²) < 4.78 is 27.1. The molecule has 38 heavy (non-hydrogen) atoms. The number of fused-ring (bicyclic) bond motifs is 1. The summed E-state index contributed by atoms with van der Waals surface area (Å²) in [7, 11) is 3.61. The maximum atomic E-state index is 13.1. The van der Waals surface area contributed by atoms with Gasteiger partial charge in [-0.2, -0.15) is 5.26 Å². The van der Waals surface area contributed by atoms with Gasteiger partial charge in [-0.25, -0.2) is 13.8 Å². The van der Waals surface area contributed by atoms with E-state index in [9.17, 15) is 18.8 Å². The van der Waals surface area contributed by atoms with Crippen LogP contribution >= 0.6 is 11.6 Å². The molecule has 0 amide bonds. The molecule has 4 rings (SSSR count). The number of aromatic nitrogens is 2. The van der Waals surface area contributed by atoms with E-state index >= 15 is 0 Å². The fourth-order valence-corrected chi connectivity index (χ4v) is 4.46. The maximum absolute atomic E-state index is 13.1. The first kappa shape index (κ1) is 29.1. The number of hydrogen-bond acceptors (Lipinski definition) is 6. The Kier molecular flexibility index (Phi) is 9.45. The van der Waals surface area contributed by atoms with Crippen LogP contribution < -0.4 is 10.5 Å². The standard InChI is InChI=1S/C17H19ClN4O.C11H13F2NO/c1-21(11-6-4-3-5-7-11)16-12(10-19)17(23)22(2)13-8-9-14(18)20-15(13)16;1-11(2,3)15-14-7-8-4-5-9(12)6-10(8)13/h8-9,11H,3-7H2,1-2H3;4-7H,1-3H3/b;14-7+. The van der Waals surface area contributed by atoms with Crippen LogP contribution in [-0.2, 0) is 11.9 Å². The molecule has 1 aromatic carbocycles. The van der Waals surface area contributed by atoms with Gasteiger partial charge >= 0.3 is 0 Å². The van der Waals surface area contributed by atoms with Crippen molar-refractivity contribution in [1.82, 2.24) is 9.55 Å². The van der Waals surface area contributed by atoms with Crippen molar-refractivity contribution >= 4 is 34.5 Å². The summed E-state index contributed by atoms with van der Waals surface area (Å²) in [6, 6.07) is 9.13. The molecule has 202 valence electrons. The normalized spacial score (nSPS) is 14.2. The maximum Gasteiger partial charge on any atom is 0.270 e. The molecule has 10 heteroatoms. The van der Waals surface area contributed by atoms with Crippen molar-refractivity contribution in [3.8, 4) is 6.07 Å². The number of aryl methyl sites for hydroxylation is 1. The van der Waals surface area contributed by atoms with Crippen molar-refractivity contribution in [2.24, 2.45) is 12.2 Å². The third kappa shape index (κ3) is 7.07. The average Bonchev–Trinajstić information content (AvgIpc) is 2.87. The van der Waals surface area contributed by atoms with E-state index in [4.69, 9.17) is 16.4 Å². The molecule has 0 bridgehead atoms. The summed E-state index contributed by atoms with van der Waals surface area (Å²) in [5, 5.41) is 13.5. The van der Waals surface area contributed by atoms with Crippen LogP contribution in [0.25, 0.3) is 11.0 Å².